The number of nitrogens with one attached hydrogen (secondary N) is 2. The van der Waals surface area contributed by atoms with Crippen LogP contribution in [0.1, 0.15) is 30.2 Å². The number of esters is 1. The molecule has 1 aromatic heterocycles. The number of anilines is 1. The van der Waals surface area contributed by atoms with E-state index in [4.69, 9.17) is 22.1 Å². The maximum atomic E-state index is 12.3. The first-order valence-corrected chi connectivity index (χ1v) is 8.80. The average molecular weight is 392 g/mol. The molecule has 0 bridgehead atoms. The topological polar surface area (TPSA) is 122 Å². The fourth-order valence-electron chi connectivity index (χ4n) is 2.36. The molecule has 0 aliphatic rings. The van der Waals surface area contributed by atoms with Gasteiger partial charge in [-0.05, 0) is 44.9 Å². The van der Waals surface area contributed by atoms with Gasteiger partial charge in [0.2, 0.25) is 11.9 Å². The van der Waals surface area contributed by atoms with Gasteiger partial charge in [-0.2, -0.15) is 4.99 Å². The van der Waals surface area contributed by atoms with Crippen LogP contribution in [0, 0.1) is 13.8 Å². The zero-order valence-corrected chi connectivity index (χ0v) is 16.2. The van der Waals surface area contributed by atoms with Gasteiger partial charge >= 0.3 is 5.97 Å². The minimum atomic E-state index is -0.364. The molecule has 9 heteroatoms. The maximum absolute atomic E-state index is 12.3. The van der Waals surface area contributed by atoms with E-state index in [0.29, 0.717) is 28.6 Å². The highest BCUT2D eigenvalue weighted by atomic mass is 35.5. The SMILES string of the molecule is CCOC(=O)CCc1c(C)nc(N=C(N)Nc2ccc(C)c(Cl)c2)[nH]c1=O. The molecule has 0 saturated heterocycles. The molecular weight excluding hydrogens is 370 g/mol. The molecule has 0 spiro atoms. The number of benzene rings is 1. The average Bonchev–Trinajstić information content (AvgIpc) is 2.57. The molecule has 0 aliphatic heterocycles. The first-order chi connectivity index (χ1) is 12.8. The molecule has 2 rings (SSSR count). The second-order valence-corrected chi connectivity index (χ2v) is 6.25. The number of nitrogens with zero attached hydrogens (tertiary/aromatic N) is 2. The van der Waals surface area contributed by atoms with Crippen molar-refractivity contribution in [1.82, 2.24) is 9.97 Å². The van der Waals surface area contributed by atoms with Gasteiger partial charge in [0, 0.05) is 22.7 Å². The second kappa shape index (κ2) is 9.18. The van der Waals surface area contributed by atoms with Crippen LogP contribution < -0.4 is 16.6 Å². The Balaban J connectivity index is 2.14. The largest absolute Gasteiger partial charge is 0.466 e. The van der Waals surface area contributed by atoms with Crippen LogP contribution in [-0.4, -0.2) is 28.5 Å². The fraction of sp³-hybridized carbons (Fsp3) is 0.333. The Hall–Kier alpha value is -2.87. The maximum Gasteiger partial charge on any atom is 0.306 e. The number of hydrogen-bond donors (Lipinski definition) is 3. The summed E-state index contributed by atoms with van der Waals surface area (Å²) < 4.78 is 4.86. The lowest BCUT2D eigenvalue weighted by Crippen LogP contribution is -2.23. The molecule has 0 unspecified atom stereocenters. The highest BCUT2D eigenvalue weighted by Gasteiger charge is 2.11. The summed E-state index contributed by atoms with van der Waals surface area (Å²) in [5, 5.41) is 3.48. The van der Waals surface area contributed by atoms with Crippen LogP contribution in [0.25, 0.3) is 0 Å². The Morgan fingerprint density at radius 2 is 2.15 bits per heavy atom. The normalized spacial score (nSPS) is 11.3. The number of guanidine groups is 1. The Morgan fingerprint density at radius 3 is 2.78 bits per heavy atom. The Bertz CT molecular complexity index is 924. The van der Waals surface area contributed by atoms with E-state index in [1.165, 1.54) is 0 Å². The van der Waals surface area contributed by atoms with Crippen molar-refractivity contribution in [2.75, 3.05) is 11.9 Å². The fourth-order valence-corrected chi connectivity index (χ4v) is 2.54. The molecule has 27 heavy (non-hydrogen) atoms. The van der Waals surface area contributed by atoms with Gasteiger partial charge in [-0.25, -0.2) is 4.98 Å². The first kappa shape index (κ1) is 20.4. The van der Waals surface area contributed by atoms with Gasteiger partial charge in [-0.3, -0.25) is 14.6 Å². The van der Waals surface area contributed by atoms with Gasteiger partial charge in [0.05, 0.1) is 12.3 Å². The molecular formula is C18H22ClN5O3. The van der Waals surface area contributed by atoms with Crippen molar-refractivity contribution in [3.63, 3.8) is 0 Å². The van der Waals surface area contributed by atoms with Crippen molar-refractivity contribution in [2.24, 2.45) is 10.7 Å². The monoisotopic (exact) mass is 391 g/mol. The third kappa shape index (κ3) is 5.82. The number of halogens is 1. The molecule has 1 aromatic carbocycles. The van der Waals surface area contributed by atoms with Crippen molar-refractivity contribution >= 4 is 35.2 Å². The van der Waals surface area contributed by atoms with Crippen molar-refractivity contribution in [3.05, 3.63) is 50.4 Å². The molecule has 0 fully saturated rings. The van der Waals surface area contributed by atoms with Crippen LogP contribution in [0.3, 0.4) is 0 Å². The molecule has 0 radical (unpaired) electrons. The van der Waals surface area contributed by atoms with E-state index < -0.39 is 0 Å². The molecule has 0 aliphatic carbocycles. The summed E-state index contributed by atoms with van der Waals surface area (Å²) in [7, 11) is 0. The van der Waals surface area contributed by atoms with Gasteiger partial charge in [0.25, 0.3) is 5.56 Å². The zero-order valence-electron chi connectivity index (χ0n) is 15.4. The number of ether oxygens (including phenoxy) is 1. The number of rotatable bonds is 6. The molecule has 0 amide bonds. The summed E-state index contributed by atoms with van der Waals surface area (Å²) >= 11 is 6.07. The van der Waals surface area contributed by atoms with Gasteiger partial charge in [0.15, 0.2) is 0 Å². The molecule has 0 atom stereocenters. The molecule has 2 aromatic rings. The number of carbonyl (C=O) groups excluding carboxylic acids is 1. The van der Waals surface area contributed by atoms with Crippen LogP contribution in [0.2, 0.25) is 5.02 Å². The van der Waals surface area contributed by atoms with E-state index in [1.54, 1.807) is 19.9 Å². The van der Waals surface area contributed by atoms with Gasteiger partial charge in [0.1, 0.15) is 0 Å². The first-order valence-electron chi connectivity index (χ1n) is 8.43. The summed E-state index contributed by atoms with van der Waals surface area (Å²) in [5.74, 6) is -0.235. The number of aromatic nitrogens is 2. The van der Waals surface area contributed by atoms with Crippen LogP contribution in [0.15, 0.2) is 28.0 Å². The lowest BCUT2D eigenvalue weighted by atomic mass is 10.1. The minimum absolute atomic E-state index is 0.0525. The molecule has 0 saturated carbocycles. The summed E-state index contributed by atoms with van der Waals surface area (Å²) in [6.07, 6.45) is 0.354. The van der Waals surface area contributed by atoms with Crippen LogP contribution in [0.5, 0.6) is 0 Å². The summed E-state index contributed by atoms with van der Waals surface area (Å²) in [6.45, 7) is 5.61. The number of aromatic amines is 1. The van der Waals surface area contributed by atoms with Crippen molar-refractivity contribution in [2.45, 2.75) is 33.6 Å². The van der Waals surface area contributed by atoms with Crippen LogP contribution in [0.4, 0.5) is 11.6 Å². The molecule has 144 valence electrons. The van der Waals surface area contributed by atoms with Gasteiger partial charge in [-0.1, -0.05) is 17.7 Å². The van der Waals surface area contributed by atoms with Gasteiger partial charge < -0.3 is 15.8 Å². The third-order valence-electron chi connectivity index (χ3n) is 3.76. The third-order valence-corrected chi connectivity index (χ3v) is 4.17. The van der Waals surface area contributed by atoms with E-state index in [0.717, 1.165) is 5.56 Å². The number of H-pyrrole nitrogens is 1. The summed E-state index contributed by atoms with van der Waals surface area (Å²) in [5.41, 5.74) is 8.01. The number of aliphatic imine (C=N–C) groups is 1. The predicted octanol–water partition coefficient (Wildman–Crippen LogP) is 2.59. The lowest BCUT2D eigenvalue weighted by molar-refractivity contribution is -0.143. The highest BCUT2D eigenvalue weighted by molar-refractivity contribution is 6.31. The Morgan fingerprint density at radius 1 is 1.41 bits per heavy atom. The van der Waals surface area contributed by atoms with E-state index in [-0.39, 0.29) is 36.3 Å². The molecule has 4 N–H and O–H groups in total. The number of aryl methyl sites for hydroxylation is 2. The Kier molecular flexibility index (Phi) is 6.95. The smallest absolute Gasteiger partial charge is 0.306 e. The van der Waals surface area contributed by atoms with Crippen molar-refractivity contribution < 1.29 is 9.53 Å². The number of hydrogen-bond acceptors (Lipinski definition) is 5. The van der Waals surface area contributed by atoms with Crippen molar-refractivity contribution in [1.29, 1.82) is 0 Å². The van der Waals surface area contributed by atoms with E-state index in [1.807, 2.05) is 19.1 Å². The van der Waals surface area contributed by atoms with E-state index in [9.17, 15) is 9.59 Å². The number of nitrogens with two attached hydrogens (primary N) is 1. The predicted molar refractivity (Wildman–Crippen MR) is 106 cm³/mol. The van der Waals surface area contributed by atoms with E-state index >= 15 is 0 Å². The van der Waals surface area contributed by atoms with Crippen LogP contribution in [-0.2, 0) is 16.0 Å². The van der Waals surface area contributed by atoms with E-state index in [2.05, 4.69) is 20.3 Å². The Labute approximate surface area is 161 Å². The minimum Gasteiger partial charge on any atom is -0.466 e. The molecule has 8 nitrogen and oxygen atoms in total. The lowest BCUT2D eigenvalue weighted by Gasteiger charge is -2.08. The van der Waals surface area contributed by atoms with Gasteiger partial charge in [-0.15, -0.1) is 0 Å². The highest BCUT2D eigenvalue weighted by Crippen LogP contribution is 2.20. The number of carbonyl (C=O) groups is 1. The second-order valence-electron chi connectivity index (χ2n) is 5.84. The van der Waals surface area contributed by atoms with Crippen molar-refractivity contribution in [3.8, 4) is 0 Å². The molecule has 1 heterocycles. The van der Waals surface area contributed by atoms with Crippen LogP contribution >= 0.6 is 11.6 Å². The zero-order chi connectivity index (χ0) is 20.0. The summed E-state index contributed by atoms with van der Waals surface area (Å²) in [6, 6.07) is 5.38. The standard InChI is InChI=1S/C18H22ClN5O3/c1-4-27-15(25)8-7-13-11(3)21-18(23-16(13)26)24-17(20)22-12-6-5-10(2)14(19)9-12/h5-6,9H,4,7-8H2,1-3H3,(H4,20,21,22,23,24,26). The summed E-state index contributed by atoms with van der Waals surface area (Å²) in [4.78, 5) is 34.6. The quantitative estimate of drug-likeness (QED) is 0.395.